The number of nitrogens with one attached hydrogen (secondary N) is 1. The summed E-state index contributed by atoms with van der Waals surface area (Å²) in [6, 6.07) is 7.10. The van der Waals surface area contributed by atoms with Crippen LogP contribution in [0.4, 0.5) is 0 Å². The summed E-state index contributed by atoms with van der Waals surface area (Å²) >= 11 is 6.15. The van der Waals surface area contributed by atoms with Gasteiger partial charge >= 0.3 is 0 Å². The van der Waals surface area contributed by atoms with Gasteiger partial charge in [-0.05, 0) is 18.2 Å². The van der Waals surface area contributed by atoms with E-state index in [9.17, 15) is 9.90 Å². The molecule has 0 aromatic heterocycles. The topological polar surface area (TPSA) is 58.6 Å². The number of phenolic OH excluding ortho intramolecular Hbond substituents is 1. The molecule has 0 bridgehead atoms. The molecule has 21 heavy (non-hydrogen) atoms. The molecule has 1 aromatic carbocycles. The van der Waals surface area contributed by atoms with E-state index >= 15 is 0 Å². The Morgan fingerprint density at radius 1 is 1.33 bits per heavy atom. The van der Waals surface area contributed by atoms with Crippen molar-refractivity contribution in [2.75, 3.05) is 6.61 Å². The molecule has 1 saturated heterocycles. The normalized spacial score (nSPS) is 19.9. The van der Waals surface area contributed by atoms with Gasteiger partial charge in [0.05, 0.1) is 4.91 Å². The molecule has 1 amide bonds. The highest BCUT2D eigenvalue weighted by Crippen LogP contribution is 2.30. The molecule has 0 aliphatic carbocycles. The second kappa shape index (κ2) is 5.75. The third kappa shape index (κ3) is 3.01. The van der Waals surface area contributed by atoms with E-state index < -0.39 is 0 Å². The fourth-order valence-electron chi connectivity index (χ4n) is 1.99. The van der Waals surface area contributed by atoms with Gasteiger partial charge in [0.25, 0.3) is 5.91 Å². The number of hydrogen-bond acceptors (Lipinski definition) is 5. The highest BCUT2D eigenvalue weighted by molar-refractivity contribution is 8.26. The average molecular weight is 317 g/mol. The molecule has 0 radical (unpaired) electrons. The quantitative estimate of drug-likeness (QED) is 0.649. The molecule has 2 aliphatic rings. The number of allylic oxidation sites excluding steroid dienone is 3. The molecule has 1 fully saturated rings. The molecule has 0 spiro atoms. The Bertz CT molecular complexity index is 719. The number of amides is 1. The van der Waals surface area contributed by atoms with E-state index in [1.807, 2.05) is 18.2 Å². The van der Waals surface area contributed by atoms with E-state index in [4.69, 9.17) is 17.0 Å². The second-order valence-corrected chi connectivity index (χ2v) is 6.14. The lowest BCUT2D eigenvalue weighted by Gasteiger charge is -2.15. The summed E-state index contributed by atoms with van der Waals surface area (Å²) in [5.41, 5.74) is 1.63. The Hall–Kier alpha value is -2.05. The van der Waals surface area contributed by atoms with Gasteiger partial charge in [0, 0.05) is 11.1 Å². The number of rotatable bonds is 2. The summed E-state index contributed by atoms with van der Waals surface area (Å²) in [6.45, 7) is 0.337. The van der Waals surface area contributed by atoms with E-state index in [2.05, 4.69) is 5.32 Å². The van der Waals surface area contributed by atoms with E-state index in [0.717, 1.165) is 11.1 Å². The van der Waals surface area contributed by atoms with Gasteiger partial charge in [-0.25, -0.2) is 0 Å². The minimum Gasteiger partial charge on any atom is -0.507 e. The lowest BCUT2D eigenvalue weighted by molar-refractivity contribution is -0.115. The second-order valence-electron chi connectivity index (χ2n) is 4.42. The fourth-order valence-corrected chi connectivity index (χ4v) is 3.02. The average Bonchev–Trinajstić information content (AvgIpc) is 2.78. The van der Waals surface area contributed by atoms with Crippen LogP contribution in [0.1, 0.15) is 5.56 Å². The van der Waals surface area contributed by atoms with Gasteiger partial charge in [-0.15, -0.1) is 0 Å². The smallest absolute Gasteiger partial charge is 0.263 e. The van der Waals surface area contributed by atoms with Crippen LogP contribution >= 0.6 is 24.0 Å². The van der Waals surface area contributed by atoms with Gasteiger partial charge in [-0.3, -0.25) is 4.79 Å². The first-order valence-electron chi connectivity index (χ1n) is 6.20. The van der Waals surface area contributed by atoms with Crippen LogP contribution < -0.4 is 5.32 Å². The number of carbonyl (C=O) groups is 1. The lowest BCUT2D eigenvalue weighted by Crippen LogP contribution is -2.17. The Kier molecular flexibility index (Phi) is 3.81. The van der Waals surface area contributed by atoms with E-state index in [0.29, 0.717) is 21.6 Å². The molecule has 0 saturated carbocycles. The molecule has 0 unspecified atom stereocenters. The van der Waals surface area contributed by atoms with E-state index in [1.165, 1.54) is 11.8 Å². The van der Waals surface area contributed by atoms with Crippen LogP contribution in [0.3, 0.4) is 0 Å². The van der Waals surface area contributed by atoms with Crippen LogP contribution in [0, 0.1) is 0 Å². The monoisotopic (exact) mass is 317 g/mol. The Balaban J connectivity index is 1.83. The summed E-state index contributed by atoms with van der Waals surface area (Å²) in [5.74, 6) is 0.611. The predicted molar refractivity (Wildman–Crippen MR) is 86.5 cm³/mol. The zero-order valence-electron chi connectivity index (χ0n) is 10.8. The number of thioether (sulfide) groups is 1. The van der Waals surface area contributed by atoms with E-state index in [-0.39, 0.29) is 11.7 Å². The molecular formula is C15H11NO3S2. The Labute approximate surface area is 131 Å². The van der Waals surface area contributed by atoms with Gasteiger partial charge in [0.1, 0.15) is 22.4 Å². The summed E-state index contributed by atoms with van der Waals surface area (Å²) in [4.78, 5) is 12.1. The third-order valence-corrected chi connectivity index (χ3v) is 4.17. The molecule has 4 nitrogen and oxygen atoms in total. The molecule has 0 atom stereocenters. The van der Waals surface area contributed by atoms with Crippen molar-refractivity contribution < 1.29 is 14.6 Å². The zero-order chi connectivity index (χ0) is 14.8. The number of thiocarbonyl (C=S) groups is 1. The van der Waals surface area contributed by atoms with Crippen molar-refractivity contribution in [3.05, 3.63) is 58.7 Å². The third-order valence-electron chi connectivity index (χ3n) is 3.01. The fraction of sp³-hybridized carbons (Fsp3) is 0.0667. The molecule has 3 rings (SSSR count). The zero-order valence-corrected chi connectivity index (χ0v) is 12.5. The predicted octanol–water partition coefficient (Wildman–Crippen LogP) is 2.72. The first kappa shape index (κ1) is 13.9. The van der Waals surface area contributed by atoms with Crippen LogP contribution in [-0.4, -0.2) is 21.9 Å². The summed E-state index contributed by atoms with van der Waals surface area (Å²) in [6.07, 6.45) is 5.31. The Morgan fingerprint density at radius 3 is 2.76 bits per heavy atom. The standard InChI is InChI=1S/C15H11NO3S2/c17-12-4-2-1-3-11(12)9-5-6-10(19-8-9)7-13-14(18)16-15(20)21-13/h1-7,17H,8H2,(H,16,18,20)/b13-7+. The number of phenols is 1. The summed E-state index contributed by atoms with van der Waals surface area (Å²) < 4.78 is 6.07. The molecule has 2 N–H and O–H groups in total. The van der Waals surface area contributed by atoms with E-state index in [1.54, 1.807) is 24.3 Å². The molecule has 106 valence electrons. The van der Waals surface area contributed by atoms with Gasteiger partial charge in [-0.1, -0.05) is 48.3 Å². The number of para-hydroxylation sites is 1. The van der Waals surface area contributed by atoms with Gasteiger partial charge in [0.2, 0.25) is 0 Å². The minimum atomic E-state index is -0.204. The van der Waals surface area contributed by atoms with Crippen molar-refractivity contribution in [3.8, 4) is 5.75 Å². The number of carbonyl (C=O) groups excluding carboxylic acids is 1. The largest absolute Gasteiger partial charge is 0.507 e. The molecule has 2 heterocycles. The SMILES string of the molecule is O=C1NC(=S)S/C1=C/C1=CC=C(c2ccccc2O)CO1. The van der Waals surface area contributed by atoms with Crippen molar-refractivity contribution in [1.82, 2.24) is 5.32 Å². The molecular weight excluding hydrogens is 306 g/mol. The van der Waals surface area contributed by atoms with Crippen LogP contribution in [0.15, 0.2) is 53.2 Å². The van der Waals surface area contributed by atoms with Crippen LogP contribution in [-0.2, 0) is 9.53 Å². The van der Waals surface area contributed by atoms with Crippen molar-refractivity contribution in [2.45, 2.75) is 0 Å². The lowest BCUT2D eigenvalue weighted by atomic mass is 10.0. The number of benzene rings is 1. The maximum Gasteiger partial charge on any atom is 0.263 e. The Morgan fingerprint density at radius 2 is 2.14 bits per heavy atom. The summed E-state index contributed by atoms with van der Waals surface area (Å²) in [7, 11) is 0. The maximum atomic E-state index is 11.6. The van der Waals surface area contributed by atoms with Gasteiger partial charge in [0.15, 0.2) is 0 Å². The summed E-state index contributed by atoms with van der Waals surface area (Å²) in [5, 5.41) is 12.4. The molecule has 6 heteroatoms. The van der Waals surface area contributed by atoms with Crippen molar-refractivity contribution >= 4 is 39.8 Å². The maximum absolute atomic E-state index is 11.6. The first-order valence-corrected chi connectivity index (χ1v) is 7.43. The van der Waals surface area contributed by atoms with Crippen LogP contribution in [0.2, 0.25) is 0 Å². The van der Waals surface area contributed by atoms with Crippen molar-refractivity contribution in [2.24, 2.45) is 0 Å². The van der Waals surface area contributed by atoms with Gasteiger partial charge < -0.3 is 15.2 Å². The highest BCUT2D eigenvalue weighted by atomic mass is 32.2. The van der Waals surface area contributed by atoms with Gasteiger partial charge in [-0.2, -0.15) is 0 Å². The van der Waals surface area contributed by atoms with Crippen LogP contribution in [0.5, 0.6) is 5.75 Å². The number of hydrogen-bond donors (Lipinski definition) is 2. The van der Waals surface area contributed by atoms with Crippen LogP contribution in [0.25, 0.3) is 5.57 Å². The minimum absolute atomic E-state index is 0.204. The molecule has 2 aliphatic heterocycles. The van der Waals surface area contributed by atoms with Crippen molar-refractivity contribution in [3.63, 3.8) is 0 Å². The van der Waals surface area contributed by atoms with Crippen molar-refractivity contribution in [1.29, 1.82) is 0 Å². The number of aromatic hydroxyl groups is 1. The highest BCUT2D eigenvalue weighted by Gasteiger charge is 2.23. The number of ether oxygens (including phenoxy) is 1. The molecule has 1 aromatic rings. The first-order chi connectivity index (χ1) is 10.1.